The summed E-state index contributed by atoms with van der Waals surface area (Å²) in [6, 6.07) is 15.8. The van der Waals surface area contributed by atoms with E-state index in [4.69, 9.17) is 9.47 Å². The molecule has 7 nitrogen and oxygen atoms in total. The van der Waals surface area contributed by atoms with E-state index in [0.717, 1.165) is 29.0 Å². The average Bonchev–Trinajstić information content (AvgIpc) is 3.12. The first-order chi connectivity index (χ1) is 15.5. The second kappa shape index (κ2) is 10.0. The van der Waals surface area contributed by atoms with Crippen molar-refractivity contribution in [1.29, 1.82) is 0 Å². The van der Waals surface area contributed by atoms with Gasteiger partial charge in [0.15, 0.2) is 0 Å². The summed E-state index contributed by atoms with van der Waals surface area (Å²) in [5.74, 6) is 1.68. The molecule has 2 atom stereocenters. The Labute approximate surface area is 189 Å². The van der Waals surface area contributed by atoms with Gasteiger partial charge in [-0.1, -0.05) is 36.4 Å². The van der Waals surface area contributed by atoms with Crippen molar-refractivity contribution in [3.63, 3.8) is 0 Å². The van der Waals surface area contributed by atoms with Crippen LogP contribution in [0, 0.1) is 0 Å². The molecular formula is C25H31N3O4. The first-order valence-corrected chi connectivity index (χ1v) is 11.2. The molecule has 4 rings (SSSR count). The fourth-order valence-corrected chi connectivity index (χ4v) is 4.38. The molecule has 1 fully saturated rings. The van der Waals surface area contributed by atoms with Gasteiger partial charge in [0.1, 0.15) is 17.6 Å². The molecule has 0 radical (unpaired) electrons. The van der Waals surface area contributed by atoms with Gasteiger partial charge in [-0.25, -0.2) is 0 Å². The maximum Gasteiger partial charge on any atom is 0.237 e. The SMILES string of the molecule is COc1ccc2c(c1)O[C@H](C)CN(CC(=O)N(Cc1ccccc1)C[C@@H]1CCC(=O)N1)C2. The largest absolute Gasteiger partial charge is 0.497 e. The van der Waals surface area contributed by atoms with Gasteiger partial charge in [-0.15, -0.1) is 0 Å². The van der Waals surface area contributed by atoms with Gasteiger partial charge in [0.2, 0.25) is 11.8 Å². The molecule has 0 unspecified atom stereocenters. The lowest BCUT2D eigenvalue weighted by Crippen LogP contribution is -2.46. The Morgan fingerprint density at radius 3 is 2.78 bits per heavy atom. The smallest absolute Gasteiger partial charge is 0.237 e. The van der Waals surface area contributed by atoms with Crippen LogP contribution in [0.3, 0.4) is 0 Å². The van der Waals surface area contributed by atoms with E-state index in [0.29, 0.717) is 39.1 Å². The molecule has 0 spiro atoms. The Bertz CT molecular complexity index is 949. The highest BCUT2D eigenvalue weighted by molar-refractivity contribution is 5.80. The fraction of sp³-hybridized carbons (Fsp3) is 0.440. The Hall–Kier alpha value is -3.06. The molecule has 7 heteroatoms. The van der Waals surface area contributed by atoms with Crippen LogP contribution in [0.4, 0.5) is 0 Å². The summed E-state index contributed by atoms with van der Waals surface area (Å²) in [7, 11) is 1.64. The zero-order chi connectivity index (χ0) is 22.5. The summed E-state index contributed by atoms with van der Waals surface area (Å²) in [6.07, 6.45) is 1.24. The monoisotopic (exact) mass is 437 g/mol. The summed E-state index contributed by atoms with van der Waals surface area (Å²) in [4.78, 5) is 29.1. The molecule has 0 saturated carbocycles. The fourth-order valence-electron chi connectivity index (χ4n) is 4.38. The summed E-state index contributed by atoms with van der Waals surface area (Å²) >= 11 is 0. The van der Waals surface area contributed by atoms with Crippen LogP contribution in [0.1, 0.15) is 30.9 Å². The quantitative estimate of drug-likeness (QED) is 0.721. The lowest BCUT2D eigenvalue weighted by Gasteiger charge is -2.29. The third-order valence-corrected chi connectivity index (χ3v) is 5.97. The van der Waals surface area contributed by atoms with Crippen LogP contribution in [0.5, 0.6) is 11.5 Å². The molecule has 1 saturated heterocycles. The van der Waals surface area contributed by atoms with Crippen LogP contribution in [0.2, 0.25) is 0 Å². The number of ether oxygens (including phenoxy) is 2. The van der Waals surface area contributed by atoms with Gasteiger partial charge < -0.3 is 19.7 Å². The number of nitrogens with one attached hydrogen (secondary N) is 1. The summed E-state index contributed by atoms with van der Waals surface area (Å²) in [5.41, 5.74) is 2.12. The third-order valence-electron chi connectivity index (χ3n) is 5.97. The molecular weight excluding hydrogens is 406 g/mol. The highest BCUT2D eigenvalue weighted by Crippen LogP contribution is 2.29. The number of methoxy groups -OCH3 is 1. The van der Waals surface area contributed by atoms with E-state index in [1.807, 2.05) is 60.4 Å². The molecule has 1 N–H and O–H groups in total. The Morgan fingerprint density at radius 1 is 1.25 bits per heavy atom. The van der Waals surface area contributed by atoms with Crippen LogP contribution >= 0.6 is 0 Å². The van der Waals surface area contributed by atoms with Crippen molar-refractivity contribution in [1.82, 2.24) is 15.1 Å². The predicted octanol–water partition coefficient (Wildman–Crippen LogP) is 2.59. The molecule has 2 aliphatic rings. The molecule has 170 valence electrons. The Balaban J connectivity index is 1.47. The van der Waals surface area contributed by atoms with E-state index in [1.165, 1.54) is 0 Å². The van der Waals surface area contributed by atoms with Crippen molar-refractivity contribution < 1.29 is 19.1 Å². The first kappa shape index (κ1) is 22.1. The number of nitrogens with zero attached hydrogens (tertiary/aromatic N) is 2. The van der Waals surface area contributed by atoms with Gasteiger partial charge in [0.25, 0.3) is 0 Å². The number of amides is 2. The number of rotatable bonds is 7. The van der Waals surface area contributed by atoms with Gasteiger partial charge in [-0.05, 0) is 25.0 Å². The lowest BCUT2D eigenvalue weighted by atomic mass is 10.1. The molecule has 0 aromatic heterocycles. The Morgan fingerprint density at radius 2 is 2.06 bits per heavy atom. The van der Waals surface area contributed by atoms with Gasteiger partial charge in [0.05, 0.1) is 13.7 Å². The second-order valence-corrected chi connectivity index (χ2v) is 8.63. The molecule has 2 heterocycles. The summed E-state index contributed by atoms with van der Waals surface area (Å²) in [6.45, 7) is 4.65. The highest BCUT2D eigenvalue weighted by Gasteiger charge is 2.28. The minimum Gasteiger partial charge on any atom is -0.497 e. The van der Waals surface area contributed by atoms with E-state index in [9.17, 15) is 9.59 Å². The van der Waals surface area contributed by atoms with Gasteiger partial charge >= 0.3 is 0 Å². The second-order valence-electron chi connectivity index (χ2n) is 8.63. The number of fused-ring (bicyclic) bond motifs is 1. The van der Waals surface area contributed by atoms with Crippen molar-refractivity contribution in [3.05, 3.63) is 59.7 Å². The molecule has 32 heavy (non-hydrogen) atoms. The zero-order valence-corrected chi connectivity index (χ0v) is 18.8. The van der Waals surface area contributed by atoms with Crippen molar-refractivity contribution in [2.45, 2.75) is 45.0 Å². The van der Waals surface area contributed by atoms with Gasteiger partial charge in [-0.2, -0.15) is 0 Å². The number of carbonyl (C=O) groups excluding carboxylic acids is 2. The van der Waals surface area contributed by atoms with E-state index in [-0.39, 0.29) is 24.0 Å². The first-order valence-electron chi connectivity index (χ1n) is 11.2. The number of carbonyl (C=O) groups is 2. The highest BCUT2D eigenvalue weighted by atomic mass is 16.5. The Kier molecular flexibility index (Phi) is 6.95. The molecule has 2 aromatic carbocycles. The average molecular weight is 438 g/mol. The number of hydrogen-bond donors (Lipinski definition) is 1. The van der Waals surface area contributed by atoms with Crippen molar-refractivity contribution in [2.75, 3.05) is 26.7 Å². The number of hydrogen-bond acceptors (Lipinski definition) is 5. The molecule has 0 aliphatic carbocycles. The van der Waals surface area contributed by atoms with E-state index < -0.39 is 0 Å². The molecule has 2 aromatic rings. The van der Waals surface area contributed by atoms with E-state index >= 15 is 0 Å². The van der Waals surface area contributed by atoms with Crippen LogP contribution < -0.4 is 14.8 Å². The molecule has 0 bridgehead atoms. The van der Waals surface area contributed by atoms with Gasteiger partial charge in [-0.3, -0.25) is 14.5 Å². The summed E-state index contributed by atoms with van der Waals surface area (Å²) < 4.78 is 11.4. The van der Waals surface area contributed by atoms with Gasteiger partial charge in [0, 0.05) is 50.3 Å². The van der Waals surface area contributed by atoms with E-state index in [2.05, 4.69) is 10.2 Å². The molecule has 2 aliphatic heterocycles. The topological polar surface area (TPSA) is 71.1 Å². The van der Waals surface area contributed by atoms with Crippen molar-refractivity contribution in [2.24, 2.45) is 0 Å². The summed E-state index contributed by atoms with van der Waals surface area (Å²) in [5, 5.41) is 2.99. The van der Waals surface area contributed by atoms with Crippen molar-refractivity contribution in [3.8, 4) is 11.5 Å². The normalized spacial score (nSPS) is 20.6. The predicted molar refractivity (Wildman–Crippen MR) is 121 cm³/mol. The maximum atomic E-state index is 13.4. The van der Waals surface area contributed by atoms with Crippen LogP contribution in [-0.4, -0.2) is 60.5 Å². The van der Waals surface area contributed by atoms with Crippen molar-refractivity contribution >= 4 is 11.8 Å². The zero-order valence-electron chi connectivity index (χ0n) is 18.8. The minimum atomic E-state index is -0.0483. The van der Waals surface area contributed by atoms with Crippen LogP contribution in [-0.2, 0) is 22.7 Å². The van der Waals surface area contributed by atoms with Crippen LogP contribution in [0.25, 0.3) is 0 Å². The number of benzene rings is 2. The third kappa shape index (κ3) is 5.59. The lowest BCUT2D eigenvalue weighted by molar-refractivity contribution is -0.134. The van der Waals surface area contributed by atoms with E-state index in [1.54, 1.807) is 7.11 Å². The van der Waals surface area contributed by atoms with Crippen LogP contribution in [0.15, 0.2) is 48.5 Å². The molecule has 2 amide bonds. The minimum absolute atomic E-state index is 0.00902. The maximum absolute atomic E-state index is 13.4. The standard InChI is InChI=1S/C25H31N3O4/c1-18-13-27(15-20-8-10-22(31-2)12-23(20)32-18)17-25(30)28(14-19-6-4-3-5-7-19)16-21-9-11-24(29)26-21/h3-8,10,12,18,21H,9,11,13-17H2,1-2H3,(H,26,29)/t18-,21+/m1/s1.